The van der Waals surface area contributed by atoms with Gasteiger partial charge in [-0.3, -0.25) is 0 Å². The number of benzene rings is 1. The fraction of sp³-hybridized carbons (Fsp3) is 0.625. The van der Waals surface area contributed by atoms with Crippen molar-refractivity contribution in [1.82, 2.24) is 0 Å². The highest BCUT2D eigenvalue weighted by Crippen LogP contribution is 2.30. The summed E-state index contributed by atoms with van der Waals surface area (Å²) >= 11 is 0. The van der Waals surface area contributed by atoms with Crippen LogP contribution in [0.15, 0.2) is 29.2 Å². The lowest BCUT2D eigenvalue weighted by molar-refractivity contribution is 0.341. The normalized spacial score (nSPS) is 23.8. The minimum absolute atomic E-state index is 0.161. The molecule has 0 heterocycles. The molecule has 1 fully saturated rings. The van der Waals surface area contributed by atoms with E-state index in [1.54, 1.807) is 24.3 Å². The van der Waals surface area contributed by atoms with E-state index in [2.05, 4.69) is 19.2 Å². The second-order valence-corrected chi connectivity index (χ2v) is 7.98. The summed E-state index contributed by atoms with van der Waals surface area (Å²) in [5.74, 6) is 1.60. The molecule has 0 amide bonds. The number of nitrogens with one attached hydrogen (secondary N) is 1. The lowest BCUT2D eigenvalue weighted by Crippen LogP contribution is -2.19. The predicted octanol–water partition coefficient (Wildman–Crippen LogP) is 3.35. The zero-order valence-corrected chi connectivity index (χ0v) is 13.7. The molecule has 0 saturated heterocycles. The van der Waals surface area contributed by atoms with Gasteiger partial charge in [0.2, 0.25) is 10.0 Å². The van der Waals surface area contributed by atoms with E-state index >= 15 is 0 Å². The van der Waals surface area contributed by atoms with Gasteiger partial charge in [-0.05, 0) is 55.4 Å². The summed E-state index contributed by atoms with van der Waals surface area (Å²) in [6.45, 7) is 4.62. The monoisotopic (exact) mass is 310 g/mol. The van der Waals surface area contributed by atoms with Crippen molar-refractivity contribution in [2.75, 3.05) is 5.32 Å². The van der Waals surface area contributed by atoms with Crippen LogP contribution in [0.3, 0.4) is 0 Å². The Morgan fingerprint density at radius 1 is 1.10 bits per heavy atom. The summed E-state index contributed by atoms with van der Waals surface area (Å²) in [6, 6.07) is 7.19. The number of anilines is 1. The number of sulfonamides is 1. The highest BCUT2D eigenvalue weighted by Gasteiger charge is 2.20. The van der Waals surface area contributed by atoms with Crippen LogP contribution in [0.4, 0.5) is 5.69 Å². The van der Waals surface area contributed by atoms with Crippen LogP contribution in [0.25, 0.3) is 0 Å². The molecular weight excluding hydrogens is 284 g/mol. The van der Waals surface area contributed by atoms with Gasteiger partial charge >= 0.3 is 0 Å². The van der Waals surface area contributed by atoms with Crippen molar-refractivity contribution < 1.29 is 8.42 Å². The number of primary sulfonamides is 1. The molecule has 0 spiro atoms. The topological polar surface area (TPSA) is 72.2 Å². The summed E-state index contributed by atoms with van der Waals surface area (Å²) in [6.07, 6.45) is 6.21. The van der Waals surface area contributed by atoms with Gasteiger partial charge in [0, 0.05) is 11.7 Å². The Kier molecular flexibility index (Phi) is 5.27. The Balaban J connectivity index is 1.96. The van der Waals surface area contributed by atoms with Crippen LogP contribution in [-0.4, -0.2) is 14.5 Å². The SMILES string of the molecule is CC(C)C1CCCC(Nc2ccc(S(N)(=O)=O)cc2)CC1. The quantitative estimate of drug-likeness (QED) is 0.838. The number of nitrogens with two attached hydrogens (primary N) is 1. The third-order valence-electron chi connectivity index (χ3n) is 4.51. The van der Waals surface area contributed by atoms with E-state index in [4.69, 9.17) is 5.14 Å². The molecule has 1 aromatic carbocycles. The minimum atomic E-state index is -3.60. The lowest BCUT2D eigenvalue weighted by Gasteiger charge is -2.20. The van der Waals surface area contributed by atoms with Crippen LogP contribution < -0.4 is 10.5 Å². The van der Waals surface area contributed by atoms with Gasteiger partial charge in [-0.2, -0.15) is 0 Å². The molecule has 1 saturated carbocycles. The molecule has 2 unspecified atom stereocenters. The van der Waals surface area contributed by atoms with E-state index in [1.165, 1.54) is 32.1 Å². The van der Waals surface area contributed by atoms with Gasteiger partial charge in [0.1, 0.15) is 0 Å². The van der Waals surface area contributed by atoms with Gasteiger partial charge in [0.15, 0.2) is 0 Å². The third-order valence-corrected chi connectivity index (χ3v) is 5.44. The van der Waals surface area contributed by atoms with Gasteiger partial charge in [-0.25, -0.2) is 13.6 Å². The first kappa shape index (κ1) is 16.3. The Morgan fingerprint density at radius 2 is 1.76 bits per heavy atom. The average molecular weight is 310 g/mol. The van der Waals surface area contributed by atoms with Crippen molar-refractivity contribution in [1.29, 1.82) is 0 Å². The van der Waals surface area contributed by atoms with Crippen molar-refractivity contribution in [2.45, 2.75) is 56.9 Å². The smallest absolute Gasteiger partial charge is 0.238 e. The summed E-state index contributed by atoms with van der Waals surface area (Å²) in [5.41, 5.74) is 0.968. The van der Waals surface area contributed by atoms with Crippen LogP contribution in [0, 0.1) is 11.8 Å². The molecule has 3 N–H and O–H groups in total. The Bertz CT molecular complexity index is 552. The van der Waals surface area contributed by atoms with Crippen LogP contribution in [-0.2, 0) is 10.0 Å². The molecular formula is C16H26N2O2S. The van der Waals surface area contributed by atoms with Crippen molar-refractivity contribution >= 4 is 15.7 Å². The van der Waals surface area contributed by atoms with E-state index in [1.807, 2.05) is 0 Å². The molecule has 4 nitrogen and oxygen atoms in total. The molecule has 118 valence electrons. The van der Waals surface area contributed by atoms with E-state index < -0.39 is 10.0 Å². The zero-order chi connectivity index (χ0) is 15.5. The summed E-state index contributed by atoms with van der Waals surface area (Å²) < 4.78 is 22.5. The molecule has 0 radical (unpaired) electrons. The standard InChI is InChI=1S/C16H26N2O2S/c1-12(2)13-4-3-5-14(7-6-13)18-15-8-10-16(11-9-15)21(17,19)20/h8-14,18H,3-7H2,1-2H3,(H2,17,19,20). The highest BCUT2D eigenvalue weighted by atomic mass is 32.2. The summed E-state index contributed by atoms with van der Waals surface area (Å²) in [4.78, 5) is 0.161. The maximum atomic E-state index is 11.2. The highest BCUT2D eigenvalue weighted by molar-refractivity contribution is 7.89. The molecule has 1 aromatic rings. The summed E-state index contributed by atoms with van der Waals surface area (Å²) in [7, 11) is -3.60. The Labute approximate surface area is 128 Å². The van der Waals surface area contributed by atoms with Crippen LogP contribution in [0.2, 0.25) is 0 Å². The molecule has 0 bridgehead atoms. The number of hydrogen-bond donors (Lipinski definition) is 2. The van der Waals surface area contributed by atoms with E-state index in [0.717, 1.165) is 17.5 Å². The van der Waals surface area contributed by atoms with Gasteiger partial charge < -0.3 is 5.32 Å². The molecule has 5 heteroatoms. The largest absolute Gasteiger partial charge is 0.382 e. The average Bonchev–Trinajstić information content (AvgIpc) is 2.64. The van der Waals surface area contributed by atoms with Gasteiger partial charge in [0.05, 0.1) is 4.90 Å². The molecule has 1 aliphatic carbocycles. The number of hydrogen-bond acceptors (Lipinski definition) is 3. The molecule has 21 heavy (non-hydrogen) atoms. The first-order valence-electron chi connectivity index (χ1n) is 7.75. The third kappa shape index (κ3) is 4.71. The molecule has 1 aliphatic rings. The van der Waals surface area contributed by atoms with Crippen molar-refractivity contribution in [3.8, 4) is 0 Å². The lowest BCUT2D eigenvalue weighted by atomic mass is 9.89. The second kappa shape index (κ2) is 6.79. The van der Waals surface area contributed by atoms with E-state index in [0.29, 0.717) is 6.04 Å². The molecule has 0 aromatic heterocycles. The van der Waals surface area contributed by atoms with E-state index in [-0.39, 0.29) is 4.90 Å². The predicted molar refractivity (Wildman–Crippen MR) is 86.6 cm³/mol. The van der Waals surface area contributed by atoms with E-state index in [9.17, 15) is 8.42 Å². The maximum absolute atomic E-state index is 11.2. The van der Waals surface area contributed by atoms with Crippen molar-refractivity contribution in [2.24, 2.45) is 17.0 Å². The minimum Gasteiger partial charge on any atom is -0.382 e. The fourth-order valence-corrected chi connectivity index (χ4v) is 3.63. The first-order chi connectivity index (χ1) is 9.86. The van der Waals surface area contributed by atoms with Crippen LogP contribution in [0.1, 0.15) is 46.0 Å². The maximum Gasteiger partial charge on any atom is 0.238 e. The zero-order valence-electron chi connectivity index (χ0n) is 12.9. The van der Waals surface area contributed by atoms with Crippen LogP contribution in [0.5, 0.6) is 0 Å². The molecule has 2 atom stereocenters. The number of rotatable bonds is 4. The van der Waals surface area contributed by atoms with Gasteiger partial charge in [0.25, 0.3) is 0 Å². The summed E-state index contributed by atoms with van der Waals surface area (Å²) in [5, 5.41) is 8.63. The van der Waals surface area contributed by atoms with Gasteiger partial charge in [-0.1, -0.05) is 26.7 Å². The molecule has 0 aliphatic heterocycles. The van der Waals surface area contributed by atoms with Gasteiger partial charge in [-0.15, -0.1) is 0 Å². The first-order valence-corrected chi connectivity index (χ1v) is 9.30. The Morgan fingerprint density at radius 3 is 2.33 bits per heavy atom. The van der Waals surface area contributed by atoms with Crippen molar-refractivity contribution in [3.05, 3.63) is 24.3 Å². The Hall–Kier alpha value is -1.07. The van der Waals surface area contributed by atoms with Crippen LogP contribution >= 0.6 is 0 Å². The fourth-order valence-electron chi connectivity index (χ4n) is 3.12. The van der Waals surface area contributed by atoms with Crippen molar-refractivity contribution in [3.63, 3.8) is 0 Å². The molecule has 2 rings (SSSR count). The second-order valence-electron chi connectivity index (χ2n) is 6.42.